The van der Waals surface area contributed by atoms with Gasteiger partial charge in [0.1, 0.15) is 0 Å². The molecule has 0 aliphatic heterocycles. The molecule has 6 nitrogen and oxygen atoms in total. The third-order valence-corrected chi connectivity index (χ3v) is 3.16. The van der Waals surface area contributed by atoms with Gasteiger partial charge in [0.2, 0.25) is 5.82 Å². The van der Waals surface area contributed by atoms with E-state index in [-0.39, 0.29) is 16.9 Å². The molecule has 0 spiro atoms. The van der Waals surface area contributed by atoms with Crippen molar-refractivity contribution in [3.8, 4) is 17.1 Å². The molecule has 138 valence electrons. The van der Waals surface area contributed by atoms with Crippen LogP contribution >= 0.6 is 11.6 Å². The zero-order valence-electron chi connectivity index (χ0n) is 12.3. The molecule has 0 aromatic carbocycles. The molecule has 3 aromatic heterocycles. The summed E-state index contributed by atoms with van der Waals surface area (Å²) in [6.07, 6.45) is -3.68. The average molecular weight is 398 g/mol. The zero-order chi connectivity index (χ0) is 19.1. The van der Waals surface area contributed by atoms with E-state index >= 15 is 0 Å². The number of rotatable bonds is 4. The van der Waals surface area contributed by atoms with Gasteiger partial charge in [0.25, 0.3) is 5.88 Å². The van der Waals surface area contributed by atoms with Crippen LogP contribution < -0.4 is 4.74 Å². The maximum atomic E-state index is 13.9. The number of aromatic nitrogens is 5. The Labute approximate surface area is 145 Å². The topological polar surface area (TPSA) is 65.2 Å². The number of nitrogens with zero attached hydrogens (tertiary/aromatic N) is 5. The number of ether oxygens (including phenoxy) is 1. The van der Waals surface area contributed by atoms with E-state index in [9.17, 15) is 26.3 Å². The summed E-state index contributed by atoms with van der Waals surface area (Å²) < 4.78 is 81.6. The van der Waals surface area contributed by atoms with Crippen LogP contribution in [0.15, 0.2) is 24.4 Å². The van der Waals surface area contributed by atoms with Crippen molar-refractivity contribution < 1.29 is 31.1 Å². The summed E-state index contributed by atoms with van der Waals surface area (Å²) in [4.78, 5) is 3.44. The van der Waals surface area contributed by atoms with E-state index in [1.165, 1.54) is 12.1 Å². The smallest absolute Gasteiger partial charge is 0.422 e. The first kappa shape index (κ1) is 18.2. The Hall–Kier alpha value is -2.63. The SMILES string of the molecule is Fc1cc(-c2ccc3nnc(C(F)(F)Cl)n3n2)cnc1OCC(F)(F)F. The Morgan fingerprint density at radius 1 is 1.12 bits per heavy atom. The Kier molecular flexibility index (Phi) is 4.38. The average Bonchev–Trinajstić information content (AvgIpc) is 2.96. The zero-order valence-corrected chi connectivity index (χ0v) is 13.1. The van der Waals surface area contributed by atoms with Crippen LogP contribution in [-0.4, -0.2) is 37.6 Å². The number of fused-ring (bicyclic) bond motifs is 1. The minimum atomic E-state index is -4.66. The maximum Gasteiger partial charge on any atom is 0.422 e. The number of hydrogen-bond donors (Lipinski definition) is 0. The van der Waals surface area contributed by atoms with Gasteiger partial charge in [-0.1, -0.05) is 0 Å². The van der Waals surface area contributed by atoms with Crippen molar-refractivity contribution in [2.45, 2.75) is 11.6 Å². The van der Waals surface area contributed by atoms with Gasteiger partial charge in [-0.2, -0.15) is 31.6 Å². The third kappa shape index (κ3) is 3.79. The standard InChI is InChI=1S/C13H6ClF6N5O/c14-13(19,20)11-23-22-9-2-1-8(24-25(9)11)6-3-7(15)10(21-4-6)26-5-12(16,17)18/h1-4H,5H2. The van der Waals surface area contributed by atoms with Crippen LogP contribution in [0.25, 0.3) is 16.9 Å². The summed E-state index contributed by atoms with van der Waals surface area (Å²) in [6, 6.07) is 3.38. The molecule has 0 aliphatic rings. The Bertz CT molecular complexity index is 954. The van der Waals surface area contributed by atoms with Crippen LogP contribution in [0.1, 0.15) is 5.82 Å². The summed E-state index contributed by atoms with van der Waals surface area (Å²) in [7, 11) is 0. The van der Waals surface area contributed by atoms with Crippen molar-refractivity contribution in [1.82, 2.24) is 24.8 Å². The second-order valence-electron chi connectivity index (χ2n) is 4.92. The maximum absolute atomic E-state index is 13.9. The minimum absolute atomic E-state index is 0.00120. The fraction of sp³-hybridized carbons (Fsp3) is 0.231. The molecular weight excluding hydrogens is 392 g/mol. The summed E-state index contributed by atoms with van der Waals surface area (Å²) in [5, 5.41) is 6.69. The number of alkyl halides is 6. The molecule has 0 unspecified atom stereocenters. The van der Waals surface area contributed by atoms with Gasteiger partial charge in [-0.05, 0) is 29.8 Å². The van der Waals surface area contributed by atoms with Crippen molar-refractivity contribution in [2.75, 3.05) is 6.61 Å². The van der Waals surface area contributed by atoms with Crippen LogP contribution in [0.4, 0.5) is 26.3 Å². The molecule has 3 rings (SSSR count). The lowest BCUT2D eigenvalue weighted by atomic mass is 10.2. The molecule has 0 fully saturated rings. The number of pyridine rings is 1. The first-order chi connectivity index (χ1) is 12.0. The first-order valence-corrected chi connectivity index (χ1v) is 7.07. The predicted octanol–water partition coefficient (Wildman–Crippen LogP) is 3.55. The van der Waals surface area contributed by atoms with Gasteiger partial charge in [0.15, 0.2) is 18.1 Å². The van der Waals surface area contributed by atoms with Crippen molar-refractivity contribution in [2.24, 2.45) is 0 Å². The second kappa shape index (κ2) is 6.27. The first-order valence-electron chi connectivity index (χ1n) is 6.70. The molecule has 0 radical (unpaired) electrons. The van der Waals surface area contributed by atoms with E-state index in [0.29, 0.717) is 4.52 Å². The molecule has 3 aromatic rings. The second-order valence-corrected chi connectivity index (χ2v) is 5.40. The van der Waals surface area contributed by atoms with Gasteiger partial charge in [-0.25, -0.2) is 9.37 Å². The Balaban J connectivity index is 1.95. The van der Waals surface area contributed by atoms with E-state index < -0.39 is 35.7 Å². The van der Waals surface area contributed by atoms with E-state index in [1.54, 1.807) is 0 Å². The molecular formula is C13H6ClF6N5O. The summed E-state index contributed by atoms with van der Waals surface area (Å²) in [5.41, 5.74) is -0.0582. The number of hydrogen-bond acceptors (Lipinski definition) is 5. The normalized spacial score (nSPS) is 12.6. The fourth-order valence-corrected chi connectivity index (χ4v) is 2.06. The molecule has 0 N–H and O–H groups in total. The summed E-state index contributed by atoms with van der Waals surface area (Å²) >= 11 is 4.92. The minimum Gasteiger partial charge on any atom is -0.466 e. The highest BCUT2D eigenvalue weighted by Gasteiger charge is 2.35. The Morgan fingerprint density at radius 2 is 1.85 bits per heavy atom. The molecule has 3 heterocycles. The van der Waals surface area contributed by atoms with Crippen molar-refractivity contribution in [3.63, 3.8) is 0 Å². The Morgan fingerprint density at radius 3 is 2.46 bits per heavy atom. The molecule has 0 atom stereocenters. The van der Waals surface area contributed by atoms with Gasteiger partial charge in [-0.3, -0.25) is 0 Å². The van der Waals surface area contributed by atoms with Crippen molar-refractivity contribution in [3.05, 3.63) is 36.0 Å². The lowest BCUT2D eigenvalue weighted by molar-refractivity contribution is -0.154. The van der Waals surface area contributed by atoms with Crippen LogP contribution in [0, 0.1) is 5.82 Å². The number of halogens is 7. The van der Waals surface area contributed by atoms with E-state index in [4.69, 9.17) is 11.6 Å². The largest absolute Gasteiger partial charge is 0.466 e. The monoisotopic (exact) mass is 397 g/mol. The third-order valence-electron chi connectivity index (χ3n) is 2.99. The molecule has 0 saturated carbocycles. The quantitative estimate of drug-likeness (QED) is 0.497. The van der Waals surface area contributed by atoms with Crippen LogP contribution in [0.5, 0.6) is 5.88 Å². The summed E-state index contributed by atoms with van der Waals surface area (Å²) in [6.45, 7) is -1.71. The molecule has 13 heteroatoms. The van der Waals surface area contributed by atoms with E-state index in [2.05, 4.69) is 25.0 Å². The van der Waals surface area contributed by atoms with Crippen LogP contribution in [0.3, 0.4) is 0 Å². The summed E-state index contributed by atoms with van der Waals surface area (Å²) in [5.74, 6) is -2.99. The molecule has 0 bridgehead atoms. The lowest BCUT2D eigenvalue weighted by Gasteiger charge is -2.10. The van der Waals surface area contributed by atoms with Gasteiger partial charge in [0, 0.05) is 11.8 Å². The highest BCUT2D eigenvalue weighted by atomic mass is 35.5. The van der Waals surface area contributed by atoms with Gasteiger partial charge in [0.05, 0.1) is 5.69 Å². The fourth-order valence-electron chi connectivity index (χ4n) is 1.94. The van der Waals surface area contributed by atoms with Crippen molar-refractivity contribution in [1.29, 1.82) is 0 Å². The van der Waals surface area contributed by atoms with Crippen LogP contribution in [0.2, 0.25) is 0 Å². The lowest BCUT2D eigenvalue weighted by Crippen LogP contribution is -2.20. The van der Waals surface area contributed by atoms with E-state index in [1.807, 2.05) is 0 Å². The molecule has 0 aliphatic carbocycles. The molecule has 26 heavy (non-hydrogen) atoms. The molecule has 0 saturated heterocycles. The van der Waals surface area contributed by atoms with Gasteiger partial charge < -0.3 is 4.74 Å². The van der Waals surface area contributed by atoms with Gasteiger partial charge >= 0.3 is 11.6 Å². The van der Waals surface area contributed by atoms with Crippen LogP contribution in [-0.2, 0) is 5.38 Å². The highest BCUT2D eigenvalue weighted by Crippen LogP contribution is 2.31. The van der Waals surface area contributed by atoms with E-state index in [0.717, 1.165) is 12.3 Å². The highest BCUT2D eigenvalue weighted by molar-refractivity contribution is 6.21. The predicted molar refractivity (Wildman–Crippen MR) is 75.3 cm³/mol. The van der Waals surface area contributed by atoms with Gasteiger partial charge in [-0.15, -0.1) is 10.2 Å². The molecule has 0 amide bonds. The van der Waals surface area contributed by atoms with Crippen molar-refractivity contribution >= 4 is 17.2 Å².